The molecule has 1 saturated heterocycles. The summed E-state index contributed by atoms with van der Waals surface area (Å²) in [4.78, 5) is 12.0. The predicted octanol–water partition coefficient (Wildman–Crippen LogP) is 1.94. The number of ether oxygens (including phenoxy) is 1. The van der Waals surface area contributed by atoms with E-state index in [1.165, 1.54) is 0 Å². The summed E-state index contributed by atoms with van der Waals surface area (Å²) in [5.41, 5.74) is -0.304. The molecule has 0 saturated carbocycles. The average Bonchev–Trinajstić information content (AvgIpc) is 2.07. The standard InChI is InChI=1S/C13H26N2O2/c1-9-7-10(11(16)17-12(2,3)4)15(14)8-13(9,5)6/h9-10H,7-8,14H2,1-6H3/t9-,10+/m1/s1. The fourth-order valence-corrected chi connectivity index (χ4v) is 2.13. The maximum Gasteiger partial charge on any atom is 0.325 e. The molecule has 0 aromatic rings. The van der Waals surface area contributed by atoms with Crippen LogP contribution in [0.3, 0.4) is 0 Å². The van der Waals surface area contributed by atoms with Crippen LogP contribution in [0, 0.1) is 11.3 Å². The quantitative estimate of drug-likeness (QED) is 0.564. The Bertz CT molecular complexity index is 294. The van der Waals surface area contributed by atoms with Crippen molar-refractivity contribution in [2.75, 3.05) is 6.54 Å². The van der Waals surface area contributed by atoms with E-state index in [0.717, 1.165) is 13.0 Å². The van der Waals surface area contributed by atoms with Crippen molar-refractivity contribution in [2.45, 2.75) is 59.6 Å². The third-order valence-electron chi connectivity index (χ3n) is 3.58. The maximum atomic E-state index is 12.0. The van der Waals surface area contributed by atoms with Crippen molar-refractivity contribution in [1.29, 1.82) is 0 Å². The van der Waals surface area contributed by atoms with Gasteiger partial charge in [0.1, 0.15) is 11.6 Å². The zero-order valence-corrected chi connectivity index (χ0v) is 11.9. The largest absolute Gasteiger partial charge is 0.459 e. The summed E-state index contributed by atoms with van der Waals surface area (Å²) in [5.74, 6) is 6.22. The SMILES string of the molecule is C[C@@H]1C[C@@H](C(=O)OC(C)(C)C)N(N)CC1(C)C. The van der Waals surface area contributed by atoms with Crippen LogP contribution in [-0.4, -0.2) is 29.2 Å². The third kappa shape index (κ3) is 3.68. The van der Waals surface area contributed by atoms with Crippen LogP contribution in [0.5, 0.6) is 0 Å². The molecular formula is C13H26N2O2. The van der Waals surface area contributed by atoms with Gasteiger partial charge in [-0.05, 0) is 38.5 Å². The molecule has 100 valence electrons. The molecule has 4 heteroatoms. The molecule has 2 N–H and O–H groups in total. The van der Waals surface area contributed by atoms with E-state index in [2.05, 4.69) is 20.8 Å². The number of nitrogens with zero attached hydrogens (tertiary/aromatic N) is 1. The van der Waals surface area contributed by atoms with Crippen LogP contribution in [-0.2, 0) is 9.53 Å². The Hall–Kier alpha value is -0.610. The Labute approximate surface area is 104 Å². The third-order valence-corrected chi connectivity index (χ3v) is 3.58. The van der Waals surface area contributed by atoms with Crippen LogP contribution in [0.4, 0.5) is 0 Å². The van der Waals surface area contributed by atoms with E-state index < -0.39 is 5.60 Å². The lowest BCUT2D eigenvalue weighted by Crippen LogP contribution is -2.57. The molecule has 0 aromatic heterocycles. The topological polar surface area (TPSA) is 55.6 Å². The van der Waals surface area contributed by atoms with Gasteiger partial charge in [0.05, 0.1) is 0 Å². The number of carbonyl (C=O) groups excluding carboxylic acids is 1. The number of hydrazine groups is 1. The van der Waals surface area contributed by atoms with E-state index in [4.69, 9.17) is 10.6 Å². The van der Waals surface area contributed by atoms with E-state index in [9.17, 15) is 4.79 Å². The number of nitrogens with two attached hydrogens (primary N) is 1. The predicted molar refractivity (Wildman–Crippen MR) is 68.1 cm³/mol. The van der Waals surface area contributed by atoms with E-state index in [0.29, 0.717) is 5.92 Å². The van der Waals surface area contributed by atoms with Gasteiger partial charge in [-0.2, -0.15) is 0 Å². The average molecular weight is 242 g/mol. The molecular weight excluding hydrogens is 216 g/mol. The fraction of sp³-hybridized carbons (Fsp3) is 0.923. The van der Waals surface area contributed by atoms with E-state index in [-0.39, 0.29) is 17.4 Å². The second-order valence-corrected chi connectivity index (χ2v) is 6.85. The molecule has 1 rings (SSSR count). The van der Waals surface area contributed by atoms with Gasteiger partial charge in [0.2, 0.25) is 0 Å². The number of esters is 1. The molecule has 2 atom stereocenters. The highest BCUT2D eigenvalue weighted by Crippen LogP contribution is 2.36. The molecule has 1 fully saturated rings. The number of hydrogen-bond acceptors (Lipinski definition) is 4. The smallest absolute Gasteiger partial charge is 0.325 e. The normalized spacial score (nSPS) is 30.1. The van der Waals surface area contributed by atoms with Gasteiger partial charge in [-0.25, -0.2) is 5.01 Å². The van der Waals surface area contributed by atoms with Gasteiger partial charge in [-0.1, -0.05) is 20.8 Å². The van der Waals surface area contributed by atoms with Crippen LogP contribution in [0.25, 0.3) is 0 Å². The van der Waals surface area contributed by atoms with Gasteiger partial charge in [-0.3, -0.25) is 10.6 Å². The lowest BCUT2D eigenvalue weighted by atomic mass is 9.73. The summed E-state index contributed by atoms with van der Waals surface area (Å²) in [5, 5.41) is 1.63. The van der Waals surface area contributed by atoms with Gasteiger partial charge in [0.15, 0.2) is 0 Å². The molecule has 0 aromatic carbocycles. The summed E-state index contributed by atoms with van der Waals surface area (Å²) < 4.78 is 5.40. The zero-order valence-electron chi connectivity index (χ0n) is 11.9. The first kappa shape index (κ1) is 14.5. The lowest BCUT2D eigenvalue weighted by molar-refractivity contribution is -0.166. The van der Waals surface area contributed by atoms with E-state index >= 15 is 0 Å². The first-order valence-electron chi connectivity index (χ1n) is 6.27. The summed E-state index contributed by atoms with van der Waals surface area (Å²) in [7, 11) is 0. The van der Waals surface area contributed by atoms with Crippen molar-refractivity contribution in [3.8, 4) is 0 Å². The van der Waals surface area contributed by atoms with Gasteiger partial charge < -0.3 is 4.74 Å². The highest BCUT2D eigenvalue weighted by Gasteiger charge is 2.41. The van der Waals surface area contributed by atoms with Crippen molar-refractivity contribution in [3.63, 3.8) is 0 Å². The molecule has 1 aliphatic rings. The Kier molecular flexibility index (Phi) is 3.89. The molecule has 0 aliphatic carbocycles. The van der Waals surface area contributed by atoms with E-state index in [1.54, 1.807) is 5.01 Å². The Morgan fingerprint density at radius 1 is 1.41 bits per heavy atom. The van der Waals surface area contributed by atoms with Crippen molar-refractivity contribution in [1.82, 2.24) is 5.01 Å². The highest BCUT2D eigenvalue weighted by atomic mass is 16.6. The Morgan fingerprint density at radius 3 is 2.41 bits per heavy atom. The minimum atomic E-state index is -0.450. The Balaban J connectivity index is 2.70. The molecule has 0 unspecified atom stereocenters. The minimum absolute atomic E-state index is 0.146. The van der Waals surface area contributed by atoms with Crippen molar-refractivity contribution in [2.24, 2.45) is 17.2 Å². The van der Waals surface area contributed by atoms with Crippen molar-refractivity contribution >= 4 is 5.97 Å². The summed E-state index contributed by atoms with van der Waals surface area (Å²) in [6.45, 7) is 12.9. The number of carbonyl (C=O) groups is 1. The first-order valence-corrected chi connectivity index (χ1v) is 6.27. The zero-order chi connectivity index (χ0) is 13.4. The molecule has 1 aliphatic heterocycles. The van der Waals surface area contributed by atoms with Gasteiger partial charge >= 0.3 is 5.97 Å². The second-order valence-electron chi connectivity index (χ2n) is 6.85. The summed E-state index contributed by atoms with van der Waals surface area (Å²) in [6.07, 6.45) is 0.762. The molecule has 4 nitrogen and oxygen atoms in total. The van der Waals surface area contributed by atoms with Crippen LogP contribution in [0.15, 0.2) is 0 Å². The maximum absolute atomic E-state index is 12.0. The minimum Gasteiger partial charge on any atom is -0.459 e. The first-order chi connectivity index (χ1) is 7.53. The molecule has 0 radical (unpaired) electrons. The second kappa shape index (κ2) is 4.58. The van der Waals surface area contributed by atoms with Gasteiger partial charge in [0.25, 0.3) is 0 Å². The molecule has 17 heavy (non-hydrogen) atoms. The monoisotopic (exact) mass is 242 g/mol. The van der Waals surface area contributed by atoms with E-state index in [1.807, 2.05) is 20.8 Å². The van der Waals surface area contributed by atoms with Crippen LogP contribution in [0.2, 0.25) is 0 Å². The molecule has 1 heterocycles. The van der Waals surface area contributed by atoms with Crippen LogP contribution in [0.1, 0.15) is 48.0 Å². The van der Waals surface area contributed by atoms with Gasteiger partial charge in [-0.15, -0.1) is 0 Å². The molecule has 0 spiro atoms. The van der Waals surface area contributed by atoms with Gasteiger partial charge in [0, 0.05) is 6.54 Å². The summed E-state index contributed by atoms with van der Waals surface area (Å²) in [6, 6.07) is -0.308. The van der Waals surface area contributed by atoms with Crippen LogP contribution >= 0.6 is 0 Å². The Morgan fingerprint density at radius 2 is 1.94 bits per heavy atom. The number of rotatable bonds is 1. The van der Waals surface area contributed by atoms with Crippen molar-refractivity contribution < 1.29 is 9.53 Å². The van der Waals surface area contributed by atoms with Crippen molar-refractivity contribution in [3.05, 3.63) is 0 Å². The highest BCUT2D eigenvalue weighted by molar-refractivity contribution is 5.76. The molecule has 0 bridgehead atoms. The summed E-state index contributed by atoms with van der Waals surface area (Å²) >= 11 is 0. The van der Waals surface area contributed by atoms with Crippen LogP contribution < -0.4 is 5.84 Å². The molecule has 0 amide bonds. The number of piperidine rings is 1. The number of hydrogen-bond donors (Lipinski definition) is 1. The lowest BCUT2D eigenvalue weighted by Gasteiger charge is -2.45. The fourth-order valence-electron chi connectivity index (χ4n) is 2.13.